The van der Waals surface area contributed by atoms with Crippen molar-refractivity contribution in [1.82, 2.24) is 5.32 Å². The summed E-state index contributed by atoms with van der Waals surface area (Å²) in [6, 6.07) is 5.12. The minimum atomic E-state index is -0.153. The van der Waals surface area contributed by atoms with Crippen molar-refractivity contribution in [3.05, 3.63) is 29.6 Å². The Kier molecular flexibility index (Phi) is 6.73. The van der Waals surface area contributed by atoms with Crippen LogP contribution < -0.4 is 10.2 Å². The summed E-state index contributed by atoms with van der Waals surface area (Å²) < 4.78 is 13.4. The zero-order chi connectivity index (χ0) is 13.4. The molecule has 0 spiro atoms. The molecule has 1 aromatic carbocycles. The van der Waals surface area contributed by atoms with E-state index in [2.05, 4.69) is 31.0 Å². The van der Waals surface area contributed by atoms with Crippen molar-refractivity contribution in [3.8, 4) is 0 Å². The molecular weight excluding hydrogens is 227 g/mol. The van der Waals surface area contributed by atoms with Crippen molar-refractivity contribution in [2.24, 2.45) is 0 Å². The molecule has 0 heterocycles. The van der Waals surface area contributed by atoms with Gasteiger partial charge in [-0.2, -0.15) is 0 Å². The van der Waals surface area contributed by atoms with Crippen molar-refractivity contribution in [2.75, 3.05) is 24.5 Å². The summed E-state index contributed by atoms with van der Waals surface area (Å²) in [7, 11) is 0. The van der Waals surface area contributed by atoms with Gasteiger partial charge in [-0.25, -0.2) is 4.39 Å². The number of hydrogen-bond acceptors (Lipinski definition) is 2. The second-order valence-corrected chi connectivity index (χ2v) is 4.54. The van der Waals surface area contributed by atoms with Crippen molar-refractivity contribution >= 4 is 5.69 Å². The van der Waals surface area contributed by atoms with Gasteiger partial charge in [-0.3, -0.25) is 0 Å². The molecule has 1 rings (SSSR count). The van der Waals surface area contributed by atoms with Crippen LogP contribution in [0.3, 0.4) is 0 Å². The van der Waals surface area contributed by atoms with Crippen LogP contribution in [0.4, 0.5) is 10.1 Å². The Morgan fingerprint density at radius 2 is 1.78 bits per heavy atom. The summed E-state index contributed by atoms with van der Waals surface area (Å²) in [4.78, 5) is 2.35. The van der Waals surface area contributed by atoms with Gasteiger partial charge in [0.15, 0.2) is 0 Å². The number of benzene rings is 1. The summed E-state index contributed by atoms with van der Waals surface area (Å²) in [6.07, 6.45) is 2.22. The van der Waals surface area contributed by atoms with E-state index in [0.717, 1.165) is 44.6 Å². The molecule has 0 radical (unpaired) electrons. The van der Waals surface area contributed by atoms with Crippen LogP contribution in [0, 0.1) is 5.82 Å². The Balaban J connectivity index is 2.95. The molecular formula is C15H25FN2. The third-order valence-corrected chi connectivity index (χ3v) is 2.93. The van der Waals surface area contributed by atoms with Gasteiger partial charge in [-0.1, -0.05) is 20.8 Å². The van der Waals surface area contributed by atoms with E-state index in [0.29, 0.717) is 0 Å². The lowest BCUT2D eigenvalue weighted by molar-refractivity contribution is 0.620. The predicted molar refractivity (Wildman–Crippen MR) is 76.6 cm³/mol. The minimum absolute atomic E-state index is 0.153. The SMILES string of the molecule is CCCN(CCC)c1ccc(F)cc1CNCC. The predicted octanol–water partition coefficient (Wildman–Crippen LogP) is 3.56. The van der Waals surface area contributed by atoms with E-state index in [1.165, 1.54) is 5.69 Å². The number of halogens is 1. The van der Waals surface area contributed by atoms with Gasteiger partial charge in [0.1, 0.15) is 5.82 Å². The number of nitrogens with one attached hydrogen (secondary N) is 1. The Labute approximate surface area is 110 Å². The zero-order valence-corrected chi connectivity index (χ0v) is 11.8. The van der Waals surface area contributed by atoms with E-state index in [-0.39, 0.29) is 5.82 Å². The Bertz CT molecular complexity index is 346. The van der Waals surface area contributed by atoms with Crippen molar-refractivity contribution in [1.29, 1.82) is 0 Å². The second kappa shape index (κ2) is 8.09. The Morgan fingerprint density at radius 3 is 2.33 bits per heavy atom. The van der Waals surface area contributed by atoms with Gasteiger partial charge in [0.25, 0.3) is 0 Å². The maximum Gasteiger partial charge on any atom is 0.123 e. The summed E-state index contributed by atoms with van der Waals surface area (Å²) in [5, 5.41) is 3.28. The molecule has 3 heteroatoms. The quantitative estimate of drug-likeness (QED) is 0.761. The number of rotatable bonds is 8. The normalized spacial score (nSPS) is 10.7. The van der Waals surface area contributed by atoms with Gasteiger partial charge < -0.3 is 10.2 Å². The van der Waals surface area contributed by atoms with E-state index in [1.807, 2.05) is 6.07 Å². The van der Waals surface area contributed by atoms with Crippen LogP contribution in [-0.4, -0.2) is 19.6 Å². The lowest BCUT2D eigenvalue weighted by atomic mass is 10.1. The van der Waals surface area contributed by atoms with Gasteiger partial charge in [-0.15, -0.1) is 0 Å². The smallest absolute Gasteiger partial charge is 0.123 e. The molecule has 0 aliphatic heterocycles. The molecule has 18 heavy (non-hydrogen) atoms. The first-order chi connectivity index (χ1) is 8.72. The average Bonchev–Trinajstić information content (AvgIpc) is 2.36. The van der Waals surface area contributed by atoms with Crippen LogP contribution in [0.1, 0.15) is 39.2 Å². The third-order valence-electron chi connectivity index (χ3n) is 2.93. The summed E-state index contributed by atoms with van der Waals surface area (Å²) in [6.45, 7) is 10.1. The van der Waals surface area contributed by atoms with Gasteiger partial charge in [0, 0.05) is 25.3 Å². The molecule has 0 saturated heterocycles. The standard InChI is InChI=1S/C15H25FN2/c1-4-9-18(10-5-2)15-8-7-14(16)11-13(15)12-17-6-3/h7-8,11,17H,4-6,9-10,12H2,1-3H3. The fraction of sp³-hybridized carbons (Fsp3) is 0.600. The topological polar surface area (TPSA) is 15.3 Å². The number of anilines is 1. The molecule has 0 amide bonds. The summed E-state index contributed by atoms with van der Waals surface area (Å²) >= 11 is 0. The van der Waals surface area contributed by atoms with Crippen LogP contribution in [0.25, 0.3) is 0 Å². The minimum Gasteiger partial charge on any atom is -0.371 e. The van der Waals surface area contributed by atoms with Gasteiger partial charge >= 0.3 is 0 Å². The number of hydrogen-bond donors (Lipinski definition) is 1. The highest BCUT2D eigenvalue weighted by molar-refractivity contribution is 5.53. The van der Waals surface area contributed by atoms with Crippen LogP contribution in [0.2, 0.25) is 0 Å². The molecule has 0 aliphatic rings. The highest BCUT2D eigenvalue weighted by Crippen LogP contribution is 2.22. The van der Waals surface area contributed by atoms with E-state index in [1.54, 1.807) is 12.1 Å². The van der Waals surface area contributed by atoms with Crippen LogP contribution in [-0.2, 0) is 6.54 Å². The Morgan fingerprint density at radius 1 is 1.11 bits per heavy atom. The highest BCUT2D eigenvalue weighted by Gasteiger charge is 2.10. The molecule has 1 aromatic rings. The second-order valence-electron chi connectivity index (χ2n) is 4.54. The summed E-state index contributed by atoms with van der Waals surface area (Å²) in [5.74, 6) is -0.153. The number of nitrogens with zero attached hydrogens (tertiary/aromatic N) is 1. The molecule has 2 nitrogen and oxygen atoms in total. The summed E-state index contributed by atoms with van der Waals surface area (Å²) in [5.41, 5.74) is 2.22. The lowest BCUT2D eigenvalue weighted by Gasteiger charge is -2.26. The first kappa shape index (κ1) is 15.0. The maximum absolute atomic E-state index is 13.4. The third kappa shape index (κ3) is 4.30. The van der Waals surface area contributed by atoms with E-state index in [4.69, 9.17) is 0 Å². The fourth-order valence-corrected chi connectivity index (χ4v) is 2.16. The largest absolute Gasteiger partial charge is 0.371 e. The molecule has 0 unspecified atom stereocenters. The van der Waals surface area contributed by atoms with E-state index in [9.17, 15) is 4.39 Å². The lowest BCUT2D eigenvalue weighted by Crippen LogP contribution is -2.27. The monoisotopic (exact) mass is 252 g/mol. The van der Waals surface area contributed by atoms with Crippen LogP contribution in [0.5, 0.6) is 0 Å². The van der Waals surface area contributed by atoms with Crippen molar-refractivity contribution in [2.45, 2.75) is 40.2 Å². The van der Waals surface area contributed by atoms with E-state index >= 15 is 0 Å². The zero-order valence-electron chi connectivity index (χ0n) is 11.8. The van der Waals surface area contributed by atoms with Crippen LogP contribution >= 0.6 is 0 Å². The van der Waals surface area contributed by atoms with Crippen molar-refractivity contribution < 1.29 is 4.39 Å². The molecule has 0 atom stereocenters. The molecule has 1 N–H and O–H groups in total. The first-order valence-electron chi connectivity index (χ1n) is 6.97. The van der Waals surface area contributed by atoms with Gasteiger partial charge in [-0.05, 0) is 43.1 Å². The molecule has 0 bridgehead atoms. The molecule has 0 fully saturated rings. The van der Waals surface area contributed by atoms with Gasteiger partial charge in [0.2, 0.25) is 0 Å². The maximum atomic E-state index is 13.4. The molecule has 102 valence electrons. The van der Waals surface area contributed by atoms with E-state index < -0.39 is 0 Å². The highest BCUT2D eigenvalue weighted by atomic mass is 19.1. The average molecular weight is 252 g/mol. The van der Waals surface area contributed by atoms with Crippen molar-refractivity contribution in [3.63, 3.8) is 0 Å². The molecule has 0 aliphatic carbocycles. The van der Waals surface area contributed by atoms with Crippen LogP contribution in [0.15, 0.2) is 18.2 Å². The molecule has 0 saturated carbocycles. The van der Waals surface area contributed by atoms with Gasteiger partial charge in [0.05, 0.1) is 0 Å². The fourth-order valence-electron chi connectivity index (χ4n) is 2.16. The Hall–Kier alpha value is -1.09. The molecule has 0 aromatic heterocycles. The first-order valence-corrected chi connectivity index (χ1v) is 6.97.